The standard InChI is InChI=1S/C24H34N4O3S/c1-26(2)20-13-17-28(18-14-20)21-7-5-19(6-8-21)25-24(29)15-16-27(3)32(30)23-11-9-22(31-4)10-12-23/h5-12,20H,13-18H2,1-4H3,(H,25,29). The molecule has 1 atom stereocenters. The number of carbonyl (C=O) groups excluding carboxylic acids is 1. The Kier molecular flexibility index (Phi) is 8.67. The van der Waals surface area contributed by atoms with Crippen LogP contribution in [0.1, 0.15) is 19.3 Å². The molecule has 1 unspecified atom stereocenters. The summed E-state index contributed by atoms with van der Waals surface area (Å²) in [6, 6.07) is 15.8. The van der Waals surface area contributed by atoms with Gasteiger partial charge in [-0.3, -0.25) is 4.79 Å². The second-order valence-electron chi connectivity index (χ2n) is 8.30. The van der Waals surface area contributed by atoms with E-state index in [-0.39, 0.29) is 12.3 Å². The van der Waals surface area contributed by atoms with Gasteiger partial charge < -0.3 is 19.9 Å². The average Bonchev–Trinajstić information content (AvgIpc) is 2.82. The number of amides is 1. The van der Waals surface area contributed by atoms with Gasteiger partial charge in [0, 0.05) is 50.5 Å². The number of nitrogens with one attached hydrogen (secondary N) is 1. The molecule has 0 spiro atoms. The molecular formula is C24H34N4O3S. The van der Waals surface area contributed by atoms with Gasteiger partial charge in [-0.15, -0.1) is 0 Å². The molecule has 0 aliphatic carbocycles. The summed E-state index contributed by atoms with van der Waals surface area (Å²) in [5.41, 5.74) is 1.97. The van der Waals surface area contributed by atoms with Crippen molar-refractivity contribution in [3.63, 3.8) is 0 Å². The minimum Gasteiger partial charge on any atom is -0.497 e. The summed E-state index contributed by atoms with van der Waals surface area (Å²) in [5, 5.41) is 2.94. The largest absolute Gasteiger partial charge is 0.497 e. The Morgan fingerprint density at radius 2 is 1.69 bits per heavy atom. The lowest BCUT2D eigenvalue weighted by molar-refractivity contribution is -0.116. The number of carbonyl (C=O) groups is 1. The zero-order chi connectivity index (χ0) is 23.1. The van der Waals surface area contributed by atoms with E-state index in [0.717, 1.165) is 37.4 Å². The van der Waals surface area contributed by atoms with Crippen molar-refractivity contribution in [1.29, 1.82) is 0 Å². The number of rotatable bonds is 9. The van der Waals surface area contributed by atoms with Crippen molar-refractivity contribution in [3.05, 3.63) is 48.5 Å². The second kappa shape index (κ2) is 11.4. The van der Waals surface area contributed by atoms with Crippen LogP contribution in [0.25, 0.3) is 0 Å². The van der Waals surface area contributed by atoms with Crippen LogP contribution >= 0.6 is 0 Å². The Morgan fingerprint density at radius 3 is 2.25 bits per heavy atom. The summed E-state index contributed by atoms with van der Waals surface area (Å²) < 4.78 is 19.4. The molecule has 0 aromatic heterocycles. The number of anilines is 2. The van der Waals surface area contributed by atoms with Gasteiger partial charge in [0.25, 0.3) is 0 Å². The quantitative estimate of drug-likeness (QED) is 0.625. The molecule has 2 aromatic rings. The maximum absolute atomic E-state index is 12.6. The Morgan fingerprint density at radius 1 is 1.06 bits per heavy atom. The summed E-state index contributed by atoms with van der Waals surface area (Å²) in [6.07, 6.45) is 2.59. The van der Waals surface area contributed by atoms with Crippen LogP contribution in [-0.4, -0.2) is 73.3 Å². The summed E-state index contributed by atoms with van der Waals surface area (Å²) >= 11 is 0. The van der Waals surface area contributed by atoms with E-state index in [1.165, 1.54) is 5.69 Å². The van der Waals surface area contributed by atoms with Gasteiger partial charge in [-0.1, -0.05) is 0 Å². The van der Waals surface area contributed by atoms with E-state index in [9.17, 15) is 9.00 Å². The smallest absolute Gasteiger partial charge is 0.225 e. The number of piperidine rings is 1. The lowest BCUT2D eigenvalue weighted by Crippen LogP contribution is -2.41. The molecule has 174 valence electrons. The number of benzene rings is 2. The highest BCUT2D eigenvalue weighted by Crippen LogP contribution is 2.23. The first-order chi connectivity index (χ1) is 15.4. The molecule has 0 radical (unpaired) electrons. The van der Waals surface area contributed by atoms with Crippen molar-refractivity contribution in [2.24, 2.45) is 0 Å². The summed E-state index contributed by atoms with van der Waals surface area (Å²) in [7, 11) is 6.31. The van der Waals surface area contributed by atoms with Crippen LogP contribution < -0.4 is 15.0 Å². The predicted octanol–water partition coefficient (Wildman–Crippen LogP) is 3.21. The van der Waals surface area contributed by atoms with Crippen molar-refractivity contribution in [3.8, 4) is 5.75 Å². The van der Waals surface area contributed by atoms with E-state index < -0.39 is 11.0 Å². The summed E-state index contributed by atoms with van der Waals surface area (Å²) in [5.74, 6) is 0.625. The number of methoxy groups -OCH3 is 1. The lowest BCUT2D eigenvalue weighted by Gasteiger charge is -2.36. The van der Waals surface area contributed by atoms with Crippen LogP contribution in [-0.2, 0) is 15.8 Å². The molecule has 3 rings (SSSR count). The van der Waals surface area contributed by atoms with Crippen molar-refractivity contribution in [2.75, 3.05) is 58.1 Å². The Bertz CT molecular complexity index is 894. The maximum Gasteiger partial charge on any atom is 0.225 e. The first-order valence-electron chi connectivity index (χ1n) is 11.0. The highest BCUT2D eigenvalue weighted by Gasteiger charge is 2.20. The lowest BCUT2D eigenvalue weighted by atomic mass is 10.0. The molecule has 7 nitrogen and oxygen atoms in total. The monoisotopic (exact) mass is 458 g/mol. The third kappa shape index (κ3) is 6.54. The molecule has 1 fully saturated rings. The number of hydrogen-bond acceptors (Lipinski definition) is 5. The SMILES string of the molecule is COc1ccc(S(=O)N(C)CCC(=O)Nc2ccc(N3CCC(N(C)C)CC3)cc2)cc1. The summed E-state index contributed by atoms with van der Waals surface area (Å²) in [6.45, 7) is 2.49. The molecule has 1 aliphatic rings. The van der Waals surface area contributed by atoms with Crippen LogP contribution in [0.5, 0.6) is 5.75 Å². The Labute approximate surface area is 193 Å². The van der Waals surface area contributed by atoms with Gasteiger partial charge in [-0.2, -0.15) is 0 Å². The van der Waals surface area contributed by atoms with E-state index in [2.05, 4.69) is 41.3 Å². The molecule has 0 saturated carbocycles. The van der Waals surface area contributed by atoms with Crippen molar-refractivity contribution in [2.45, 2.75) is 30.2 Å². The van der Waals surface area contributed by atoms with Gasteiger partial charge in [-0.25, -0.2) is 8.51 Å². The third-order valence-corrected chi connectivity index (χ3v) is 7.33. The van der Waals surface area contributed by atoms with Gasteiger partial charge in [0.05, 0.1) is 12.0 Å². The van der Waals surface area contributed by atoms with Crippen molar-refractivity contribution >= 4 is 28.3 Å². The topological polar surface area (TPSA) is 65.1 Å². The molecule has 1 N–H and O–H groups in total. The highest BCUT2D eigenvalue weighted by molar-refractivity contribution is 7.82. The third-order valence-electron chi connectivity index (χ3n) is 5.91. The van der Waals surface area contributed by atoms with Crippen molar-refractivity contribution in [1.82, 2.24) is 9.21 Å². The maximum atomic E-state index is 12.6. The van der Waals surface area contributed by atoms with Gasteiger partial charge in [0.1, 0.15) is 16.7 Å². The molecule has 1 heterocycles. The zero-order valence-corrected chi connectivity index (χ0v) is 20.2. The molecular weight excluding hydrogens is 424 g/mol. The fourth-order valence-corrected chi connectivity index (χ4v) is 4.82. The van der Waals surface area contributed by atoms with Gasteiger partial charge in [-0.05, 0) is 75.5 Å². The van der Waals surface area contributed by atoms with Crippen LogP contribution in [0.3, 0.4) is 0 Å². The van der Waals surface area contributed by atoms with E-state index in [1.54, 1.807) is 42.7 Å². The van der Waals surface area contributed by atoms with Crippen molar-refractivity contribution < 1.29 is 13.7 Å². The van der Waals surface area contributed by atoms with E-state index in [4.69, 9.17) is 4.74 Å². The van der Waals surface area contributed by atoms with E-state index in [1.807, 2.05) is 12.1 Å². The van der Waals surface area contributed by atoms with Gasteiger partial charge >= 0.3 is 0 Å². The zero-order valence-electron chi connectivity index (χ0n) is 19.4. The van der Waals surface area contributed by atoms with Crippen LogP contribution in [0.15, 0.2) is 53.4 Å². The molecule has 1 amide bonds. The van der Waals surface area contributed by atoms with Crippen LogP contribution in [0.4, 0.5) is 11.4 Å². The van der Waals surface area contributed by atoms with Crippen LogP contribution in [0.2, 0.25) is 0 Å². The van der Waals surface area contributed by atoms with E-state index in [0.29, 0.717) is 17.5 Å². The number of ether oxygens (including phenoxy) is 1. The highest BCUT2D eigenvalue weighted by atomic mass is 32.2. The van der Waals surface area contributed by atoms with E-state index >= 15 is 0 Å². The average molecular weight is 459 g/mol. The Balaban J connectivity index is 1.45. The number of hydrogen-bond donors (Lipinski definition) is 1. The fraction of sp³-hybridized carbons (Fsp3) is 0.458. The fourth-order valence-electron chi connectivity index (χ4n) is 3.83. The predicted molar refractivity (Wildman–Crippen MR) is 131 cm³/mol. The number of nitrogens with zero attached hydrogens (tertiary/aromatic N) is 3. The van der Waals surface area contributed by atoms with Gasteiger partial charge in [0.2, 0.25) is 5.91 Å². The van der Waals surface area contributed by atoms with Gasteiger partial charge in [0.15, 0.2) is 0 Å². The second-order valence-corrected chi connectivity index (χ2v) is 9.90. The van der Waals surface area contributed by atoms with Crippen LogP contribution in [0, 0.1) is 0 Å². The molecule has 2 aromatic carbocycles. The first-order valence-corrected chi connectivity index (χ1v) is 12.1. The molecule has 1 aliphatic heterocycles. The molecule has 8 heteroatoms. The molecule has 32 heavy (non-hydrogen) atoms. The minimum atomic E-state index is -1.32. The normalized spacial score (nSPS) is 15.8. The molecule has 0 bridgehead atoms. The summed E-state index contributed by atoms with van der Waals surface area (Å²) in [4.78, 5) is 17.8. The molecule has 1 saturated heterocycles. The Hall–Kier alpha value is -2.42. The first kappa shape index (κ1) is 24.2. The minimum absolute atomic E-state index is 0.0943.